The molecule has 4 aromatic rings. The lowest BCUT2D eigenvalue weighted by Gasteiger charge is -2.34. The third kappa shape index (κ3) is 9.21. The van der Waals surface area contributed by atoms with Crippen molar-refractivity contribution in [2.75, 3.05) is 32.2 Å². The van der Waals surface area contributed by atoms with Gasteiger partial charge in [-0.15, -0.1) is 0 Å². The molecule has 0 radical (unpaired) electrons. The first-order valence-electron chi connectivity index (χ1n) is 15.3. The van der Waals surface area contributed by atoms with Crippen molar-refractivity contribution in [2.24, 2.45) is 0 Å². The molecule has 0 aromatic heterocycles. The highest BCUT2D eigenvalue weighted by molar-refractivity contribution is 7.92. The number of nitrogens with zero attached hydrogens (tertiary/aromatic N) is 2. The van der Waals surface area contributed by atoms with E-state index in [1.807, 2.05) is 30.3 Å². The Morgan fingerprint density at radius 1 is 0.816 bits per heavy atom. The maximum Gasteiger partial charge on any atom is 0.265 e. The Balaban J connectivity index is 1.88. The molecule has 2 amide bonds. The lowest BCUT2D eigenvalue weighted by Crippen LogP contribution is -2.54. The molecule has 13 heteroatoms. The lowest BCUT2D eigenvalue weighted by atomic mass is 10.0. The number of sulfonamides is 1. The van der Waals surface area contributed by atoms with Crippen molar-refractivity contribution in [3.63, 3.8) is 0 Å². The zero-order valence-electron chi connectivity index (χ0n) is 27.9. The standard InChI is InChI=1S/C36H39ClFN3O7S/c1-24(2)39-36(43)31(19-25-9-7-6-8-10-25)40(22-26-11-14-28(38)15-12-26)35(42)23-41(30-20-27(37)13-17-32(30)46-3)49(44,45)29-16-18-33(47-4)34(21-29)48-5/h6-18,20-21,24,31H,19,22-23H2,1-5H3,(H,39,43)/t31-/m0/s1. The molecule has 4 rings (SSSR count). The van der Waals surface area contributed by atoms with Crippen molar-refractivity contribution < 1.29 is 36.6 Å². The molecule has 0 aliphatic rings. The minimum atomic E-state index is -4.53. The maximum absolute atomic E-state index is 14.7. The number of amides is 2. The molecule has 0 saturated heterocycles. The second-order valence-electron chi connectivity index (χ2n) is 11.4. The molecular weight excluding hydrogens is 673 g/mol. The molecule has 0 aliphatic heterocycles. The van der Waals surface area contributed by atoms with Crippen molar-refractivity contribution >= 4 is 39.1 Å². The van der Waals surface area contributed by atoms with Crippen LogP contribution in [0.3, 0.4) is 0 Å². The second kappa shape index (κ2) is 16.5. The molecule has 0 aliphatic carbocycles. The minimum Gasteiger partial charge on any atom is -0.495 e. The fourth-order valence-corrected chi connectivity index (χ4v) is 6.80. The summed E-state index contributed by atoms with van der Waals surface area (Å²) in [5.74, 6) is -1.04. The quantitative estimate of drug-likeness (QED) is 0.164. The highest BCUT2D eigenvalue weighted by Crippen LogP contribution is 2.37. The topological polar surface area (TPSA) is 114 Å². The number of carbonyl (C=O) groups excluding carboxylic acids is 2. The fourth-order valence-electron chi connectivity index (χ4n) is 5.20. The van der Waals surface area contributed by atoms with E-state index in [1.165, 1.54) is 86.9 Å². The summed E-state index contributed by atoms with van der Waals surface area (Å²) in [6.07, 6.45) is 0.120. The van der Waals surface area contributed by atoms with Gasteiger partial charge < -0.3 is 24.4 Å². The molecule has 0 spiro atoms. The van der Waals surface area contributed by atoms with Gasteiger partial charge in [-0.2, -0.15) is 0 Å². The van der Waals surface area contributed by atoms with Gasteiger partial charge in [0, 0.05) is 30.1 Å². The van der Waals surface area contributed by atoms with Crippen LogP contribution in [-0.2, 0) is 32.6 Å². The van der Waals surface area contributed by atoms with Gasteiger partial charge >= 0.3 is 0 Å². The van der Waals surface area contributed by atoms with Crippen LogP contribution in [0.4, 0.5) is 10.1 Å². The van der Waals surface area contributed by atoms with Gasteiger partial charge in [-0.1, -0.05) is 54.1 Å². The molecule has 10 nitrogen and oxygen atoms in total. The largest absolute Gasteiger partial charge is 0.495 e. The number of methoxy groups -OCH3 is 3. The van der Waals surface area contributed by atoms with Crippen LogP contribution in [0.15, 0.2) is 95.9 Å². The molecular formula is C36H39ClFN3O7S. The lowest BCUT2D eigenvalue weighted by molar-refractivity contribution is -0.140. The molecule has 260 valence electrons. The predicted octanol–water partition coefficient (Wildman–Crippen LogP) is 5.86. The summed E-state index contributed by atoms with van der Waals surface area (Å²) in [4.78, 5) is 29.6. The summed E-state index contributed by atoms with van der Waals surface area (Å²) < 4.78 is 60.0. The molecule has 0 saturated carbocycles. The Hall–Kier alpha value is -4.81. The van der Waals surface area contributed by atoms with E-state index >= 15 is 0 Å². The zero-order valence-corrected chi connectivity index (χ0v) is 29.4. The van der Waals surface area contributed by atoms with Crippen molar-refractivity contribution in [2.45, 2.75) is 43.8 Å². The summed E-state index contributed by atoms with van der Waals surface area (Å²) in [5.41, 5.74) is 1.29. The van der Waals surface area contributed by atoms with Crippen molar-refractivity contribution in [1.29, 1.82) is 0 Å². The van der Waals surface area contributed by atoms with Gasteiger partial charge in [-0.3, -0.25) is 13.9 Å². The SMILES string of the molecule is COc1ccc(S(=O)(=O)N(CC(=O)N(Cc2ccc(F)cc2)[C@@H](Cc2ccccc2)C(=O)NC(C)C)c2cc(Cl)ccc2OC)cc1OC. The van der Waals surface area contributed by atoms with Crippen LogP contribution in [-0.4, -0.2) is 65.1 Å². The first-order chi connectivity index (χ1) is 23.4. The van der Waals surface area contributed by atoms with E-state index in [0.29, 0.717) is 11.3 Å². The Kier molecular flexibility index (Phi) is 12.5. The van der Waals surface area contributed by atoms with Crippen LogP contribution >= 0.6 is 11.6 Å². The fraction of sp³-hybridized carbons (Fsp3) is 0.278. The van der Waals surface area contributed by atoms with Crippen LogP contribution in [0.2, 0.25) is 5.02 Å². The van der Waals surface area contributed by atoms with Crippen molar-refractivity contribution in [3.8, 4) is 17.2 Å². The number of carbonyl (C=O) groups is 2. The summed E-state index contributed by atoms with van der Waals surface area (Å²) in [5, 5.41) is 3.09. The van der Waals surface area contributed by atoms with E-state index in [9.17, 15) is 22.4 Å². The summed E-state index contributed by atoms with van der Waals surface area (Å²) >= 11 is 6.36. The predicted molar refractivity (Wildman–Crippen MR) is 186 cm³/mol. The number of anilines is 1. The first-order valence-corrected chi connectivity index (χ1v) is 17.2. The highest BCUT2D eigenvalue weighted by Gasteiger charge is 2.36. The van der Waals surface area contributed by atoms with Gasteiger partial charge in [0.1, 0.15) is 24.2 Å². The van der Waals surface area contributed by atoms with Gasteiger partial charge in [0.15, 0.2) is 11.5 Å². The number of nitrogens with one attached hydrogen (secondary N) is 1. The zero-order chi connectivity index (χ0) is 35.7. The van der Waals surface area contributed by atoms with Crippen LogP contribution in [0.5, 0.6) is 17.2 Å². The molecule has 49 heavy (non-hydrogen) atoms. The molecule has 0 unspecified atom stereocenters. The van der Waals surface area contributed by atoms with Crippen molar-refractivity contribution in [1.82, 2.24) is 10.2 Å². The van der Waals surface area contributed by atoms with E-state index in [4.69, 9.17) is 25.8 Å². The average Bonchev–Trinajstić information content (AvgIpc) is 3.09. The monoisotopic (exact) mass is 711 g/mol. The average molecular weight is 712 g/mol. The number of rotatable bonds is 15. The molecule has 1 atom stereocenters. The second-order valence-corrected chi connectivity index (χ2v) is 13.7. The number of ether oxygens (including phenoxy) is 3. The van der Waals surface area contributed by atoms with E-state index in [0.717, 1.165) is 9.87 Å². The van der Waals surface area contributed by atoms with Gasteiger partial charge in [0.05, 0.1) is 31.9 Å². The Labute approximate surface area is 291 Å². The number of hydrogen-bond acceptors (Lipinski definition) is 7. The number of hydrogen-bond donors (Lipinski definition) is 1. The van der Waals surface area contributed by atoms with E-state index < -0.39 is 40.2 Å². The molecule has 0 heterocycles. The molecule has 1 N–H and O–H groups in total. The van der Waals surface area contributed by atoms with E-state index in [1.54, 1.807) is 13.8 Å². The van der Waals surface area contributed by atoms with E-state index in [-0.39, 0.29) is 46.1 Å². The molecule has 0 fully saturated rings. The number of halogens is 2. The summed E-state index contributed by atoms with van der Waals surface area (Å²) in [6, 6.07) is 21.8. The maximum atomic E-state index is 14.7. The van der Waals surface area contributed by atoms with Gasteiger partial charge in [-0.05, 0) is 67.4 Å². The van der Waals surface area contributed by atoms with Gasteiger partial charge in [0.2, 0.25) is 11.8 Å². The van der Waals surface area contributed by atoms with Crippen LogP contribution in [0.1, 0.15) is 25.0 Å². The first kappa shape index (κ1) is 37.0. The van der Waals surface area contributed by atoms with Crippen LogP contribution < -0.4 is 23.8 Å². The Morgan fingerprint density at radius 3 is 2.06 bits per heavy atom. The molecule has 0 bridgehead atoms. The van der Waals surface area contributed by atoms with Gasteiger partial charge in [0.25, 0.3) is 10.0 Å². The number of benzene rings is 4. The summed E-state index contributed by atoms with van der Waals surface area (Å²) in [7, 11) is -0.372. The third-order valence-electron chi connectivity index (χ3n) is 7.60. The smallest absolute Gasteiger partial charge is 0.265 e. The van der Waals surface area contributed by atoms with Crippen molar-refractivity contribution in [3.05, 3.63) is 113 Å². The van der Waals surface area contributed by atoms with Crippen LogP contribution in [0.25, 0.3) is 0 Å². The molecule has 4 aromatic carbocycles. The van der Waals surface area contributed by atoms with Crippen LogP contribution in [0, 0.1) is 5.82 Å². The normalized spacial score (nSPS) is 11.8. The minimum absolute atomic E-state index is 0.00823. The van der Waals surface area contributed by atoms with E-state index in [2.05, 4.69) is 5.32 Å². The third-order valence-corrected chi connectivity index (χ3v) is 9.59. The Morgan fingerprint density at radius 2 is 1.45 bits per heavy atom. The Bertz CT molecular complexity index is 1860. The summed E-state index contributed by atoms with van der Waals surface area (Å²) in [6.45, 7) is 2.72. The van der Waals surface area contributed by atoms with Gasteiger partial charge in [-0.25, -0.2) is 12.8 Å². The highest BCUT2D eigenvalue weighted by atomic mass is 35.5.